The van der Waals surface area contributed by atoms with Crippen molar-refractivity contribution in [2.45, 2.75) is 123 Å². The van der Waals surface area contributed by atoms with E-state index in [9.17, 15) is 14.7 Å². The molecule has 0 fully saturated rings. The highest BCUT2D eigenvalue weighted by Crippen LogP contribution is 2.42. The molecule has 0 aliphatic rings. The minimum atomic E-state index is -0.833. The molecule has 0 aliphatic carbocycles. The predicted molar refractivity (Wildman–Crippen MR) is 133 cm³/mol. The Morgan fingerprint density at radius 1 is 0.871 bits per heavy atom. The summed E-state index contributed by atoms with van der Waals surface area (Å²) in [4.78, 5) is 23.3. The second-order valence-corrected chi connectivity index (χ2v) is 10.1. The summed E-state index contributed by atoms with van der Waals surface area (Å²) in [7, 11) is 0. The van der Waals surface area contributed by atoms with Crippen molar-refractivity contribution in [2.75, 3.05) is 5.88 Å². The summed E-state index contributed by atoms with van der Waals surface area (Å²) in [5.41, 5.74) is -0.766. The number of hydrogen-bond donors (Lipinski definition) is 2. The smallest absolute Gasteiger partial charge is 0.309 e. The van der Waals surface area contributed by atoms with Crippen molar-refractivity contribution in [3.05, 3.63) is 0 Å². The maximum atomic E-state index is 12.4. The molecule has 0 aromatic carbocycles. The summed E-state index contributed by atoms with van der Waals surface area (Å²) < 4.78 is 0. The first-order chi connectivity index (χ1) is 14.6. The third-order valence-corrected chi connectivity index (χ3v) is 6.93. The van der Waals surface area contributed by atoms with Gasteiger partial charge in [0.05, 0.1) is 5.41 Å². The van der Waals surface area contributed by atoms with E-state index in [-0.39, 0.29) is 11.8 Å². The minimum absolute atomic E-state index is 0.0620. The van der Waals surface area contributed by atoms with Crippen LogP contribution in [0.25, 0.3) is 0 Å². The highest BCUT2D eigenvalue weighted by Gasteiger charge is 2.41. The average Bonchev–Trinajstić information content (AvgIpc) is 2.73. The summed E-state index contributed by atoms with van der Waals surface area (Å²) in [5, 5.41) is 19.3. The van der Waals surface area contributed by atoms with Crippen molar-refractivity contribution in [1.29, 1.82) is 0 Å². The van der Waals surface area contributed by atoms with Crippen molar-refractivity contribution in [3.63, 3.8) is 0 Å². The van der Waals surface area contributed by atoms with E-state index in [4.69, 9.17) is 28.3 Å². The van der Waals surface area contributed by atoms with Crippen molar-refractivity contribution in [1.82, 2.24) is 0 Å². The SMILES string of the molecule is CC(Cl)CCl.CCCCC(CC)CC(CCCC(=O)O)(CC(CC)CCCC)C(=O)O. The van der Waals surface area contributed by atoms with Gasteiger partial charge in [-0.25, -0.2) is 0 Å². The largest absolute Gasteiger partial charge is 0.481 e. The first-order valence-corrected chi connectivity index (χ1v) is 13.2. The molecule has 0 saturated heterocycles. The lowest BCUT2D eigenvalue weighted by Gasteiger charge is -2.36. The lowest BCUT2D eigenvalue weighted by molar-refractivity contribution is -0.153. The van der Waals surface area contributed by atoms with Crippen LogP contribution in [0, 0.1) is 17.3 Å². The third kappa shape index (κ3) is 16.8. The maximum absolute atomic E-state index is 12.4. The average molecular weight is 484 g/mol. The predicted octanol–water partition coefficient (Wildman–Crippen LogP) is 8.38. The Morgan fingerprint density at radius 2 is 1.29 bits per heavy atom. The first kappa shape index (κ1) is 32.7. The van der Waals surface area contributed by atoms with Gasteiger partial charge in [0.1, 0.15) is 0 Å². The van der Waals surface area contributed by atoms with Crippen LogP contribution in [-0.2, 0) is 9.59 Å². The number of carbonyl (C=O) groups is 2. The molecule has 0 bridgehead atoms. The molecule has 186 valence electrons. The molecule has 0 amide bonds. The maximum Gasteiger partial charge on any atom is 0.309 e. The fraction of sp³-hybridized carbons (Fsp3) is 0.920. The second-order valence-electron chi connectivity index (χ2n) is 9.01. The number of carboxylic acids is 2. The van der Waals surface area contributed by atoms with Gasteiger partial charge in [-0.15, -0.1) is 23.2 Å². The van der Waals surface area contributed by atoms with E-state index in [1.165, 1.54) is 0 Å². The fourth-order valence-corrected chi connectivity index (χ4v) is 4.14. The molecule has 0 aromatic rings. The van der Waals surface area contributed by atoms with E-state index >= 15 is 0 Å². The summed E-state index contributed by atoms with van der Waals surface area (Å²) in [5.74, 6) is -0.172. The molecule has 0 spiro atoms. The van der Waals surface area contributed by atoms with Gasteiger partial charge < -0.3 is 10.2 Å². The fourth-order valence-electron chi connectivity index (χ4n) is 4.14. The van der Waals surface area contributed by atoms with E-state index in [2.05, 4.69) is 27.7 Å². The van der Waals surface area contributed by atoms with Crippen LogP contribution in [0.1, 0.15) is 118 Å². The highest BCUT2D eigenvalue weighted by atomic mass is 35.5. The quantitative estimate of drug-likeness (QED) is 0.192. The number of rotatable bonds is 18. The second kappa shape index (κ2) is 20.1. The van der Waals surface area contributed by atoms with Gasteiger partial charge in [0, 0.05) is 17.7 Å². The Labute approximate surface area is 201 Å². The van der Waals surface area contributed by atoms with Crippen LogP contribution in [-0.4, -0.2) is 33.4 Å². The molecule has 0 aromatic heterocycles. The minimum Gasteiger partial charge on any atom is -0.481 e. The molecule has 0 aliphatic heterocycles. The Bertz CT molecular complexity index is 437. The van der Waals surface area contributed by atoms with Gasteiger partial charge in [-0.3, -0.25) is 9.59 Å². The van der Waals surface area contributed by atoms with Gasteiger partial charge in [-0.1, -0.05) is 79.1 Å². The molecule has 0 rings (SSSR count). The molecule has 31 heavy (non-hydrogen) atoms. The standard InChI is InChI=1S/C22H42O4.C3H6Cl2/c1-5-9-12-18(7-3)16-22(21(25)26,15-11-14-20(23)24)17-19(8-4)13-10-6-2;1-3(5)2-4/h18-19H,5-17H2,1-4H3,(H,23,24)(H,25,26);3H,2H2,1H3. The van der Waals surface area contributed by atoms with Gasteiger partial charge >= 0.3 is 11.9 Å². The van der Waals surface area contributed by atoms with Crippen LogP contribution in [0.5, 0.6) is 0 Å². The number of aliphatic carboxylic acids is 2. The van der Waals surface area contributed by atoms with E-state index in [0.29, 0.717) is 43.4 Å². The van der Waals surface area contributed by atoms with Crippen molar-refractivity contribution >= 4 is 35.1 Å². The lowest BCUT2D eigenvalue weighted by Crippen LogP contribution is -2.36. The number of halogens is 2. The molecule has 3 unspecified atom stereocenters. The van der Waals surface area contributed by atoms with Crippen molar-refractivity contribution in [2.24, 2.45) is 17.3 Å². The number of carboxylic acid groups (broad SMARTS) is 2. The van der Waals surface area contributed by atoms with E-state index in [0.717, 1.165) is 51.4 Å². The molecule has 0 heterocycles. The summed E-state index contributed by atoms with van der Waals surface area (Å²) in [6.07, 6.45) is 11.1. The highest BCUT2D eigenvalue weighted by molar-refractivity contribution is 6.27. The van der Waals surface area contributed by atoms with Crippen LogP contribution >= 0.6 is 23.2 Å². The molecule has 0 saturated carbocycles. The summed E-state index contributed by atoms with van der Waals surface area (Å²) >= 11 is 10.5. The molecule has 2 N–H and O–H groups in total. The van der Waals surface area contributed by atoms with Gasteiger partial charge in [-0.05, 0) is 44.4 Å². The van der Waals surface area contributed by atoms with Gasteiger partial charge in [0.25, 0.3) is 0 Å². The van der Waals surface area contributed by atoms with Crippen LogP contribution in [0.15, 0.2) is 0 Å². The van der Waals surface area contributed by atoms with Crippen molar-refractivity contribution in [3.8, 4) is 0 Å². The normalized spacial score (nSPS) is 15.8. The topological polar surface area (TPSA) is 74.6 Å². The first-order valence-electron chi connectivity index (χ1n) is 12.3. The lowest BCUT2D eigenvalue weighted by atomic mass is 9.68. The van der Waals surface area contributed by atoms with Gasteiger partial charge in [0.2, 0.25) is 0 Å². The van der Waals surface area contributed by atoms with E-state index < -0.39 is 17.4 Å². The Morgan fingerprint density at radius 3 is 1.55 bits per heavy atom. The number of hydrogen-bond acceptors (Lipinski definition) is 2. The Balaban J connectivity index is 0. The molecular formula is C25H48Cl2O4. The monoisotopic (exact) mass is 482 g/mol. The number of unbranched alkanes of at least 4 members (excludes halogenated alkanes) is 2. The van der Waals surface area contributed by atoms with Crippen LogP contribution in [0.3, 0.4) is 0 Å². The molecule has 4 nitrogen and oxygen atoms in total. The molecule has 3 atom stereocenters. The molecular weight excluding hydrogens is 435 g/mol. The Hall–Kier alpha value is -0.480. The van der Waals surface area contributed by atoms with Crippen molar-refractivity contribution < 1.29 is 19.8 Å². The zero-order valence-corrected chi connectivity index (χ0v) is 22.1. The Kier molecular flexibility index (Phi) is 21.3. The summed E-state index contributed by atoms with van der Waals surface area (Å²) in [6.45, 7) is 10.5. The van der Waals surface area contributed by atoms with Crippen LogP contribution in [0.4, 0.5) is 0 Å². The molecule has 0 radical (unpaired) electrons. The van der Waals surface area contributed by atoms with E-state index in [1.807, 2.05) is 6.92 Å². The number of alkyl halides is 2. The van der Waals surface area contributed by atoms with E-state index in [1.54, 1.807) is 0 Å². The van der Waals surface area contributed by atoms with Gasteiger partial charge in [-0.2, -0.15) is 0 Å². The summed E-state index contributed by atoms with van der Waals surface area (Å²) in [6, 6.07) is 0. The zero-order valence-electron chi connectivity index (χ0n) is 20.6. The molecule has 6 heteroatoms. The zero-order chi connectivity index (χ0) is 24.3. The van der Waals surface area contributed by atoms with Crippen LogP contribution in [0.2, 0.25) is 0 Å². The van der Waals surface area contributed by atoms with Crippen LogP contribution < -0.4 is 0 Å². The van der Waals surface area contributed by atoms with Gasteiger partial charge in [0.15, 0.2) is 0 Å². The third-order valence-electron chi connectivity index (χ3n) is 6.16.